The molecule has 0 atom stereocenters. The number of hydrogen-bond donors (Lipinski definition) is 1. The van der Waals surface area contributed by atoms with Gasteiger partial charge in [0.15, 0.2) is 0 Å². The highest BCUT2D eigenvalue weighted by Gasteiger charge is 2.22. The van der Waals surface area contributed by atoms with Gasteiger partial charge in [-0.1, -0.05) is 0 Å². The molecule has 0 aromatic carbocycles. The van der Waals surface area contributed by atoms with Crippen molar-refractivity contribution in [2.45, 2.75) is 32.8 Å². The minimum atomic E-state index is -0.267. The molecule has 2 aromatic rings. The van der Waals surface area contributed by atoms with Crippen molar-refractivity contribution in [3.63, 3.8) is 0 Å². The van der Waals surface area contributed by atoms with E-state index in [4.69, 9.17) is 10.5 Å². The summed E-state index contributed by atoms with van der Waals surface area (Å²) in [6.45, 7) is 6.07. The highest BCUT2D eigenvalue weighted by Crippen LogP contribution is 2.26. The van der Waals surface area contributed by atoms with Gasteiger partial charge in [-0.15, -0.1) is 0 Å². The van der Waals surface area contributed by atoms with Gasteiger partial charge in [-0.05, 0) is 48.8 Å². The number of imidazole rings is 1. The molecule has 4 nitrogen and oxygen atoms in total. The van der Waals surface area contributed by atoms with Crippen LogP contribution in [0, 0.1) is 6.92 Å². The summed E-state index contributed by atoms with van der Waals surface area (Å²) in [6.07, 6.45) is 0.689. The average Bonchev–Trinajstić information content (AvgIpc) is 2.61. The number of pyridine rings is 1. The Morgan fingerprint density at radius 3 is 2.72 bits per heavy atom. The van der Waals surface area contributed by atoms with Crippen molar-refractivity contribution in [1.29, 1.82) is 0 Å². The summed E-state index contributed by atoms with van der Waals surface area (Å²) >= 11 is 3.51. The van der Waals surface area contributed by atoms with Gasteiger partial charge in [0.1, 0.15) is 11.5 Å². The zero-order valence-electron chi connectivity index (χ0n) is 11.1. The maximum absolute atomic E-state index is 6.19. The fraction of sp³-hybridized carbons (Fsp3) is 0.462. The first-order valence-corrected chi connectivity index (χ1v) is 6.62. The minimum absolute atomic E-state index is 0.267. The van der Waals surface area contributed by atoms with Crippen molar-refractivity contribution in [2.24, 2.45) is 0 Å². The van der Waals surface area contributed by atoms with E-state index in [1.165, 1.54) is 0 Å². The Bertz CT molecular complexity index is 589. The third-order valence-corrected chi connectivity index (χ3v) is 4.06. The topological polar surface area (TPSA) is 52.5 Å². The molecule has 0 aliphatic carbocycles. The monoisotopic (exact) mass is 311 g/mol. The molecule has 0 radical (unpaired) electrons. The molecule has 2 aromatic heterocycles. The molecule has 2 heterocycles. The number of anilines is 1. The highest BCUT2D eigenvalue weighted by molar-refractivity contribution is 9.10. The predicted octanol–water partition coefficient (Wildman–Crippen LogP) is 2.95. The third-order valence-electron chi connectivity index (χ3n) is 3.22. The van der Waals surface area contributed by atoms with E-state index >= 15 is 0 Å². The molecule has 2 rings (SSSR count). The van der Waals surface area contributed by atoms with Gasteiger partial charge in [-0.25, -0.2) is 4.98 Å². The van der Waals surface area contributed by atoms with Gasteiger partial charge in [-0.3, -0.25) is 4.40 Å². The number of halogens is 1. The van der Waals surface area contributed by atoms with Crippen molar-refractivity contribution in [1.82, 2.24) is 9.38 Å². The second-order valence-electron chi connectivity index (χ2n) is 5.04. The van der Waals surface area contributed by atoms with Crippen LogP contribution in [0.1, 0.15) is 25.2 Å². The van der Waals surface area contributed by atoms with Gasteiger partial charge >= 0.3 is 0 Å². The lowest BCUT2D eigenvalue weighted by atomic mass is 10.0. The maximum Gasteiger partial charge on any atom is 0.138 e. The number of rotatable bonds is 3. The van der Waals surface area contributed by atoms with E-state index < -0.39 is 0 Å². The van der Waals surface area contributed by atoms with Crippen LogP contribution in [0.15, 0.2) is 16.6 Å². The number of nitrogens with zero attached hydrogens (tertiary/aromatic N) is 2. The molecule has 0 spiro atoms. The molecule has 0 aliphatic heterocycles. The van der Waals surface area contributed by atoms with Crippen molar-refractivity contribution < 1.29 is 4.74 Å². The molecular weight excluding hydrogens is 294 g/mol. The van der Waals surface area contributed by atoms with E-state index in [9.17, 15) is 0 Å². The Kier molecular flexibility index (Phi) is 3.38. The van der Waals surface area contributed by atoms with Crippen LogP contribution in [0.4, 0.5) is 5.82 Å². The Morgan fingerprint density at radius 2 is 2.11 bits per heavy atom. The summed E-state index contributed by atoms with van der Waals surface area (Å²) < 4.78 is 8.42. The molecule has 98 valence electrons. The summed E-state index contributed by atoms with van der Waals surface area (Å²) in [7, 11) is 1.70. The number of nitrogens with two attached hydrogens (primary N) is 1. The van der Waals surface area contributed by atoms with E-state index in [1.807, 2.05) is 37.3 Å². The smallest absolute Gasteiger partial charge is 0.138 e. The fourth-order valence-corrected chi connectivity index (χ4v) is 2.25. The molecule has 5 heteroatoms. The van der Waals surface area contributed by atoms with E-state index in [0.717, 1.165) is 21.5 Å². The van der Waals surface area contributed by atoms with Gasteiger partial charge in [-0.2, -0.15) is 0 Å². The molecule has 0 bridgehead atoms. The summed E-state index contributed by atoms with van der Waals surface area (Å²) in [5.74, 6) is 0.689. The Labute approximate surface area is 115 Å². The summed E-state index contributed by atoms with van der Waals surface area (Å²) in [5.41, 5.74) is 8.73. The van der Waals surface area contributed by atoms with Gasteiger partial charge in [0.05, 0.1) is 11.3 Å². The SMILES string of the molecule is COC(C)(C)Cc1nc2ccc(Br)c(C)n2c1N. The van der Waals surface area contributed by atoms with E-state index in [1.54, 1.807) is 7.11 Å². The van der Waals surface area contributed by atoms with Gasteiger partial charge in [0.2, 0.25) is 0 Å². The molecule has 0 saturated heterocycles. The third kappa shape index (κ3) is 2.24. The second kappa shape index (κ2) is 4.55. The number of methoxy groups -OCH3 is 1. The normalized spacial score (nSPS) is 12.3. The Balaban J connectivity index is 2.55. The van der Waals surface area contributed by atoms with Crippen molar-refractivity contribution in [3.05, 3.63) is 28.0 Å². The lowest BCUT2D eigenvalue weighted by molar-refractivity contribution is 0.0226. The van der Waals surface area contributed by atoms with Crippen molar-refractivity contribution in [2.75, 3.05) is 12.8 Å². The molecule has 2 N–H and O–H groups in total. The largest absolute Gasteiger partial charge is 0.383 e. The number of aromatic nitrogens is 2. The molecular formula is C13H18BrN3O. The van der Waals surface area contributed by atoms with Gasteiger partial charge < -0.3 is 10.5 Å². The first-order chi connectivity index (χ1) is 8.35. The first-order valence-electron chi connectivity index (χ1n) is 5.83. The zero-order valence-corrected chi connectivity index (χ0v) is 12.7. The quantitative estimate of drug-likeness (QED) is 0.948. The maximum atomic E-state index is 6.19. The zero-order chi connectivity index (χ0) is 13.5. The van der Waals surface area contributed by atoms with Crippen molar-refractivity contribution >= 4 is 27.4 Å². The number of fused-ring (bicyclic) bond motifs is 1. The molecule has 0 fully saturated rings. The second-order valence-corrected chi connectivity index (χ2v) is 5.90. The van der Waals surface area contributed by atoms with E-state index in [0.29, 0.717) is 12.2 Å². The Hall–Kier alpha value is -1.07. The number of nitrogen functional groups attached to an aromatic ring is 1. The summed E-state index contributed by atoms with van der Waals surface area (Å²) in [5, 5.41) is 0. The number of aryl methyl sites for hydroxylation is 1. The van der Waals surface area contributed by atoms with Crippen LogP contribution in [0.5, 0.6) is 0 Å². The predicted molar refractivity (Wildman–Crippen MR) is 76.8 cm³/mol. The number of hydrogen-bond acceptors (Lipinski definition) is 3. The minimum Gasteiger partial charge on any atom is -0.383 e. The van der Waals surface area contributed by atoms with Crippen LogP contribution in [0.3, 0.4) is 0 Å². The van der Waals surface area contributed by atoms with Crippen LogP contribution in [-0.4, -0.2) is 22.1 Å². The molecule has 0 aliphatic rings. The lowest BCUT2D eigenvalue weighted by Crippen LogP contribution is -2.26. The standard InChI is InChI=1S/C13H18BrN3O/c1-8-9(14)5-6-11-16-10(12(15)17(8)11)7-13(2,3)18-4/h5-6H,7,15H2,1-4H3. The van der Waals surface area contributed by atoms with E-state index in [-0.39, 0.29) is 5.60 Å². The highest BCUT2D eigenvalue weighted by atomic mass is 79.9. The van der Waals surface area contributed by atoms with Crippen LogP contribution < -0.4 is 5.73 Å². The summed E-state index contributed by atoms with van der Waals surface area (Å²) in [4.78, 5) is 4.58. The molecule has 0 amide bonds. The molecule has 18 heavy (non-hydrogen) atoms. The van der Waals surface area contributed by atoms with Crippen LogP contribution in [0.2, 0.25) is 0 Å². The molecule has 0 unspecified atom stereocenters. The summed E-state index contributed by atoms with van der Waals surface area (Å²) in [6, 6.07) is 3.94. The van der Waals surface area contributed by atoms with Crippen LogP contribution >= 0.6 is 15.9 Å². The molecule has 0 saturated carbocycles. The lowest BCUT2D eigenvalue weighted by Gasteiger charge is -2.21. The van der Waals surface area contributed by atoms with Crippen LogP contribution in [-0.2, 0) is 11.2 Å². The van der Waals surface area contributed by atoms with Gasteiger partial charge in [0.25, 0.3) is 0 Å². The first kappa shape index (κ1) is 13.4. The van der Waals surface area contributed by atoms with Crippen LogP contribution in [0.25, 0.3) is 5.65 Å². The number of ether oxygens (including phenoxy) is 1. The fourth-order valence-electron chi connectivity index (χ4n) is 1.94. The van der Waals surface area contributed by atoms with E-state index in [2.05, 4.69) is 20.9 Å². The average molecular weight is 312 g/mol. The van der Waals surface area contributed by atoms with Gasteiger partial charge in [0, 0.05) is 23.7 Å². The Morgan fingerprint density at radius 1 is 1.44 bits per heavy atom. The van der Waals surface area contributed by atoms with Crippen molar-refractivity contribution in [3.8, 4) is 0 Å².